The molecule has 0 saturated carbocycles. The highest BCUT2D eigenvalue weighted by atomic mass is 19.4. The number of hydrogen-bond acceptors (Lipinski definition) is 5. The van der Waals surface area contributed by atoms with Crippen molar-refractivity contribution >= 4 is 11.9 Å². The lowest BCUT2D eigenvalue weighted by molar-refractivity contribution is -0.155. The number of nitrogens with zero attached hydrogens (tertiary/aromatic N) is 2. The van der Waals surface area contributed by atoms with E-state index in [1.54, 1.807) is 0 Å². The molecule has 28 heavy (non-hydrogen) atoms. The maximum Gasteiger partial charge on any atom is 0.418 e. The van der Waals surface area contributed by atoms with E-state index in [4.69, 9.17) is 5.11 Å². The molecule has 0 aliphatic heterocycles. The number of hydrogen-bond donors (Lipinski definition) is 3. The number of carbonyl (C=O) groups is 2. The molecule has 8 nitrogen and oxygen atoms in total. The molecule has 0 saturated heterocycles. The fraction of sp³-hybridized carbons (Fsp3) is 0.294. The third-order valence-electron chi connectivity index (χ3n) is 3.81. The molecule has 0 bridgehead atoms. The quantitative estimate of drug-likeness (QED) is 0.693. The SMILES string of the molecule is Cc1cc(=O)c(C(=O)NCC(C)(O)C(=O)O)nn1-c1ccccc1C(F)(F)F. The first-order valence-electron chi connectivity index (χ1n) is 7.86. The Morgan fingerprint density at radius 2 is 1.86 bits per heavy atom. The number of aliphatic hydroxyl groups is 1. The molecule has 0 fully saturated rings. The van der Waals surface area contributed by atoms with Gasteiger partial charge in [0.05, 0.1) is 17.8 Å². The van der Waals surface area contributed by atoms with Gasteiger partial charge in [0.1, 0.15) is 0 Å². The van der Waals surface area contributed by atoms with Crippen molar-refractivity contribution in [1.82, 2.24) is 15.1 Å². The zero-order valence-electron chi connectivity index (χ0n) is 14.7. The van der Waals surface area contributed by atoms with Crippen LogP contribution < -0.4 is 10.7 Å². The van der Waals surface area contributed by atoms with Crippen LogP contribution >= 0.6 is 0 Å². The monoisotopic (exact) mass is 399 g/mol. The molecule has 1 aromatic heterocycles. The third kappa shape index (κ3) is 4.36. The Bertz CT molecular complexity index is 983. The Hall–Kier alpha value is -3.21. The topological polar surface area (TPSA) is 122 Å². The molecule has 1 heterocycles. The minimum atomic E-state index is -4.70. The molecule has 3 N–H and O–H groups in total. The zero-order chi connectivity index (χ0) is 21.3. The Kier molecular flexibility index (Phi) is 5.59. The van der Waals surface area contributed by atoms with Gasteiger partial charge in [-0.15, -0.1) is 0 Å². The van der Waals surface area contributed by atoms with Crippen LogP contribution in [0.25, 0.3) is 5.69 Å². The van der Waals surface area contributed by atoms with Gasteiger partial charge in [0.2, 0.25) is 5.43 Å². The first-order chi connectivity index (χ1) is 12.8. The standard InChI is InChI=1S/C17H16F3N3O5/c1-9-7-12(24)13(14(25)21-8-16(2,28)15(26)27)22-23(9)11-6-4-3-5-10(11)17(18,19)20/h3-7,28H,8H2,1-2H3,(H,21,25)(H,26,27). The number of aryl methyl sites for hydroxylation is 1. The lowest BCUT2D eigenvalue weighted by Crippen LogP contribution is -2.47. The minimum absolute atomic E-state index is 0.0517. The van der Waals surface area contributed by atoms with Crippen molar-refractivity contribution in [3.8, 4) is 5.69 Å². The number of carbonyl (C=O) groups excluding carboxylic acids is 1. The molecule has 0 spiro atoms. The number of carboxylic acid groups (broad SMARTS) is 1. The molecule has 0 radical (unpaired) electrons. The number of aliphatic carboxylic acids is 1. The van der Waals surface area contributed by atoms with Gasteiger partial charge in [-0.3, -0.25) is 9.59 Å². The van der Waals surface area contributed by atoms with E-state index in [-0.39, 0.29) is 11.4 Å². The molecule has 1 amide bonds. The van der Waals surface area contributed by atoms with Crippen molar-refractivity contribution < 1.29 is 33.0 Å². The van der Waals surface area contributed by atoms with E-state index in [0.29, 0.717) is 0 Å². The number of carboxylic acids is 1. The van der Waals surface area contributed by atoms with Gasteiger partial charge in [0.25, 0.3) is 5.91 Å². The highest BCUT2D eigenvalue weighted by molar-refractivity contribution is 5.92. The van der Waals surface area contributed by atoms with Crippen LogP contribution in [0, 0.1) is 6.92 Å². The van der Waals surface area contributed by atoms with Gasteiger partial charge in [-0.05, 0) is 26.0 Å². The molecule has 2 aromatic rings. The van der Waals surface area contributed by atoms with Gasteiger partial charge < -0.3 is 15.5 Å². The van der Waals surface area contributed by atoms with Crippen LogP contribution in [0.5, 0.6) is 0 Å². The molecule has 1 aromatic carbocycles. The summed E-state index contributed by atoms with van der Waals surface area (Å²) in [6, 6.07) is 5.42. The number of rotatable bonds is 5. The number of aromatic nitrogens is 2. The summed E-state index contributed by atoms with van der Waals surface area (Å²) in [6.45, 7) is 1.53. The van der Waals surface area contributed by atoms with Gasteiger partial charge >= 0.3 is 12.1 Å². The molecule has 1 atom stereocenters. The molecule has 2 rings (SSSR count). The van der Waals surface area contributed by atoms with Gasteiger partial charge in [-0.25, -0.2) is 9.48 Å². The predicted molar refractivity (Wildman–Crippen MR) is 90.2 cm³/mol. The summed E-state index contributed by atoms with van der Waals surface area (Å²) >= 11 is 0. The van der Waals surface area contributed by atoms with Crippen LogP contribution in [-0.4, -0.2) is 44.0 Å². The Morgan fingerprint density at radius 3 is 2.43 bits per heavy atom. The number of alkyl halides is 3. The van der Waals surface area contributed by atoms with Crippen LogP contribution in [0.15, 0.2) is 35.1 Å². The lowest BCUT2D eigenvalue weighted by Gasteiger charge is -2.19. The summed E-state index contributed by atoms with van der Waals surface area (Å²) in [5.41, 5.74) is -5.28. The van der Waals surface area contributed by atoms with Crippen LogP contribution in [-0.2, 0) is 11.0 Å². The van der Waals surface area contributed by atoms with Gasteiger partial charge in [0.15, 0.2) is 11.3 Å². The predicted octanol–water partition coefficient (Wildman–Crippen LogP) is 1.13. The molecular formula is C17H16F3N3O5. The van der Waals surface area contributed by atoms with Crippen molar-refractivity contribution in [3.05, 3.63) is 57.5 Å². The molecule has 150 valence electrons. The van der Waals surface area contributed by atoms with Gasteiger partial charge in [-0.1, -0.05) is 12.1 Å². The second-order valence-electron chi connectivity index (χ2n) is 6.19. The summed E-state index contributed by atoms with van der Waals surface area (Å²) in [7, 11) is 0. The minimum Gasteiger partial charge on any atom is -0.479 e. The van der Waals surface area contributed by atoms with Crippen molar-refractivity contribution in [1.29, 1.82) is 0 Å². The van der Waals surface area contributed by atoms with Crippen LogP contribution in [0.3, 0.4) is 0 Å². The smallest absolute Gasteiger partial charge is 0.418 e. The number of benzene rings is 1. The molecule has 11 heteroatoms. The van der Waals surface area contributed by atoms with E-state index in [1.165, 1.54) is 19.1 Å². The summed E-state index contributed by atoms with van der Waals surface area (Å²) in [5, 5.41) is 24.2. The van der Waals surface area contributed by atoms with E-state index in [2.05, 4.69) is 5.10 Å². The zero-order valence-corrected chi connectivity index (χ0v) is 14.7. The normalized spacial score (nSPS) is 13.6. The average Bonchev–Trinajstić information content (AvgIpc) is 2.59. The third-order valence-corrected chi connectivity index (χ3v) is 3.81. The van der Waals surface area contributed by atoms with Crippen molar-refractivity contribution in [2.75, 3.05) is 6.54 Å². The van der Waals surface area contributed by atoms with Crippen molar-refractivity contribution in [3.63, 3.8) is 0 Å². The number of halogens is 3. The fourth-order valence-electron chi connectivity index (χ4n) is 2.26. The second-order valence-corrected chi connectivity index (χ2v) is 6.19. The Labute approximate surface area is 156 Å². The highest BCUT2D eigenvalue weighted by Gasteiger charge is 2.34. The van der Waals surface area contributed by atoms with Crippen LogP contribution in [0.4, 0.5) is 13.2 Å². The average molecular weight is 399 g/mol. The number of para-hydroxylation sites is 1. The first-order valence-corrected chi connectivity index (χ1v) is 7.86. The highest BCUT2D eigenvalue weighted by Crippen LogP contribution is 2.33. The first kappa shape index (κ1) is 21.1. The van der Waals surface area contributed by atoms with E-state index in [0.717, 1.165) is 29.8 Å². The Balaban J connectivity index is 2.48. The molecule has 0 aliphatic rings. The molecular weight excluding hydrogens is 383 g/mol. The summed E-state index contributed by atoms with van der Waals surface area (Å²) in [5.74, 6) is -2.74. The van der Waals surface area contributed by atoms with E-state index in [1.807, 2.05) is 5.32 Å². The maximum atomic E-state index is 13.3. The molecule has 0 aliphatic carbocycles. The maximum absolute atomic E-state index is 13.3. The van der Waals surface area contributed by atoms with E-state index < -0.39 is 46.9 Å². The Morgan fingerprint density at radius 1 is 1.25 bits per heavy atom. The molecule has 1 unspecified atom stereocenters. The van der Waals surface area contributed by atoms with Crippen molar-refractivity contribution in [2.24, 2.45) is 0 Å². The lowest BCUT2D eigenvalue weighted by atomic mass is 10.1. The van der Waals surface area contributed by atoms with Gasteiger partial charge in [0, 0.05) is 11.8 Å². The number of amides is 1. The summed E-state index contributed by atoms with van der Waals surface area (Å²) < 4.78 is 40.6. The van der Waals surface area contributed by atoms with E-state index in [9.17, 15) is 32.7 Å². The number of nitrogens with one attached hydrogen (secondary N) is 1. The van der Waals surface area contributed by atoms with Gasteiger partial charge in [-0.2, -0.15) is 18.3 Å². The second kappa shape index (κ2) is 7.43. The largest absolute Gasteiger partial charge is 0.479 e. The summed E-state index contributed by atoms with van der Waals surface area (Å²) in [4.78, 5) is 35.1. The van der Waals surface area contributed by atoms with Crippen LogP contribution in [0.2, 0.25) is 0 Å². The fourth-order valence-corrected chi connectivity index (χ4v) is 2.26. The van der Waals surface area contributed by atoms with Crippen molar-refractivity contribution in [2.45, 2.75) is 25.6 Å². The summed E-state index contributed by atoms with van der Waals surface area (Å²) in [6.07, 6.45) is -4.70. The van der Waals surface area contributed by atoms with E-state index >= 15 is 0 Å². The van der Waals surface area contributed by atoms with Crippen LogP contribution in [0.1, 0.15) is 28.7 Å².